The zero-order chi connectivity index (χ0) is 18.2. The van der Waals surface area contributed by atoms with Gasteiger partial charge in [-0.2, -0.15) is 15.0 Å². The van der Waals surface area contributed by atoms with Crippen molar-refractivity contribution in [1.29, 1.82) is 0 Å². The standard InChI is InChI=1S/C20H21N5O2/c26-19-12-15(25-21-7-8-22-25)3-4-17(19)18-5-6-20(24-23-18)27-16-10-13-1-2-14(9-13)11-16/h3-8,12-14,16,26H,1-2,9-11H2/t13-,14+,16+. The Kier molecular flexibility index (Phi) is 3.99. The molecule has 0 radical (unpaired) electrons. The monoisotopic (exact) mass is 363 g/mol. The van der Waals surface area contributed by atoms with Gasteiger partial charge in [0, 0.05) is 17.7 Å². The molecule has 138 valence electrons. The van der Waals surface area contributed by atoms with E-state index < -0.39 is 0 Å². The number of phenolic OH excluding ortho intramolecular Hbond substituents is 1. The Morgan fingerprint density at radius 2 is 1.70 bits per heavy atom. The largest absolute Gasteiger partial charge is 0.507 e. The minimum Gasteiger partial charge on any atom is -0.507 e. The Bertz CT molecular complexity index is 914. The SMILES string of the molecule is Oc1cc(-n2nccn2)ccc1-c1ccc(O[C@H]2C[C@@H]3CC[C@@H](C3)C2)nn1. The van der Waals surface area contributed by atoms with Crippen LogP contribution in [0.15, 0.2) is 42.7 Å². The van der Waals surface area contributed by atoms with E-state index in [1.54, 1.807) is 24.5 Å². The van der Waals surface area contributed by atoms with Crippen molar-refractivity contribution in [2.75, 3.05) is 0 Å². The fourth-order valence-electron chi connectivity index (χ4n) is 4.45. The van der Waals surface area contributed by atoms with Crippen LogP contribution in [-0.2, 0) is 0 Å². The molecule has 0 saturated heterocycles. The van der Waals surface area contributed by atoms with Gasteiger partial charge in [-0.05, 0) is 49.3 Å². The van der Waals surface area contributed by atoms with E-state index in [9.17, 15) is 5.11 Å². The molecule has 0 aliphatic heterocycles. The van der Waals surface area contributed by atoms with Gasteiger partial charge in [-0.25, -0.2) is 0 Å². The van der Waals surface area contributed by atoms with E-state index in [0.717, 1.165) is 24.7 Å². The zero-order valence-electron chi connectivity index (χ0n) is 14.9. The number of aromatic hydroxyl groups is 1. The number of rotatable bonds is 4. The van der Waals surface area contributed by atoms with E-state index in [1.165, 1.54) is 24.1 Å². The van der Waals surface area contributed by atoms with Gasteiger partial charge in [-0.1, -0.05) is 12.8 Å². The van der Waals surface area contributed by atoms with Gasteiger partial charge in [-0.3, -0.25) is 0 Å². The maximum Gasteiger partial charge on any atom is 0.233 e. The average molecular weight is 363 g/mol. The van der Waals surface area contributed by atoms with E-state index in [-0.39, 0.29) is 11.9 Å². The highest BCUT2D eigenvalue weighted by Crippen LogP contribution is 2.43. The topological polar surface area (TPSA) is 86.0 Å². The van der Waals surface area contributed by atoms with Crippen LogP contribution in [-0.4, -0.2) is 36.4 Å². The molecule has 2 heterocycles. The van der Waals surface area contributed by atoms with Crippen LogP contribution in [0, 0.1) is 11.8 Å². The smallest absolute Gasteiger partial charge is 0.233 e. The van der Waals surface area contributed by atoms with Crippen LogP contribution in [0.1, 0.15) is 32.1 Å². The van der Waals surface area contributed by atoms with Crippen molar-refractivity contribution in [2.24, 2.45) is 11.8 Å². The van der Waals surface area contributed by atoms with Gasteiger partial charge < -0.3 is 9.84 Å². The molecule has 1 aromatic carbocycles. The predicted octanol–water partition coefficient (Wildman–Crippen LogP) is 3.39. The molecule has 0 spiro atoms. The molecule has 3 atom stereocenters. The lowest BCUT2D eigenvalue weighted by Crippen LogP contribution is -2.26. The minimum atomic E-state index is 0.108. The summed E-state index contributed by atoms with van der Waals surface area (Å²) in [5.74, 6) is 2.31. The van der Waals surface area contributed by atoms with Gasteiger partial charge in [0.2, 0.25) is 5.88 Å². The number of hydrogen-bond acceptors (Lipinski definition) is 6. The molecule has 2 fully saturated rings. The Hall–Kier alpha value is -2.96. The number of aromatic nitrogens is 5. The van der Waals surface area contributed by atoms with Crippen LogP contribution in [0.2, 0.25) is 0 Å². The summed E-state index contributed by atoms with van der Waals surface area (Å²) in [7, 11) is 0. The molecule has 27 heavy (non-hydrogen) atoms. The van der Waals surface area contributed by atoms with E-state index in [1.807, 2.05) is 18.2 Å². The summed E-state index contributed by atoms with van der Waals surface area (Å²) in [6.07, 6.45) is 9.75. The van der Waals surface area contributed by atoms with Crippen LogP contribution in [0.4, 0.5) is 0 Å². The molecule has 5 rings (SSSR count). The lowest BCUT2D eigenvalue weighted by atomic mass is 9.87. The first-order valence-corrected chi connectivity index (χ1v) is 9.45. The average Bonchev–Trinajstić information content (AvgIpc) is 3.32. The fourth-order valence-corrected chi connectivity index (χ4v) is 4.45. The van der Waals surface area contributed by atoms with Gasteiger partial charge in [-0.15, -0.1) is 10.2 Å². The van der Waals surface area contributed by atoms with Crippen molar-refractivity contribution in [3.05, 3.63) is 42.7 Å². The lowest BCUT2D eigenvalue weighted by molar-refractivity contribution is 0.113. The van der Waals surface area contributed by atoms with Crippen molar-refractivity contribution < 1.29 is 9.84 Å². The number of ether oxygens (including phenoxy) is 1. The summed E-state index contributed by atoms with van der Waals surface area (Å²) in [6, 6.07) is 8.90. The summed E-state index contributed by atoms with van der Waals surface area (Å²) in [5.41, 5.74) is 1.89. The molecule has 2 saturated carbocycles. The van der Waals surface area contributed by atoms with Gasteiger partial charge in [0.05, 0.1) is 23.8 Å². The van der Waals surface area contributed by atoms with Gasteiger partial charge in [0.15, 0.2) is 0 Å². The Balaban J connectivity index is 1.31. The molecule has 0 amide bonds. The number of hydrogen-bond donors (Lipinski definition) is 1. The van der Waals surface area contributed by atoms with E-state index >= 15 is 0 Å². The van der Waals surface area contributed by atoms with Gasteiger partial charge in [0.25, 0.3) is 0 Å². The van der Waals surface area contributed by atoms with Crippen molar-refractivity contribution in [2.45, 2.75) is 38.2 Å². The van der Waals surface area contributed by atoms with Gasteiger partial charge >= 0.3 is 0 Å². The Morgan fingerprint density at radius 3 is 2.37 bits per heavy atom. The molecular formula is C20H21N5O2. The molecule has 7 heteroatoms. The van der Waals surface area contributed by atoms with E-state index in [2.05, 4.69) is 20.4 Å². The molecule has 3 aromatic rings. The molecule has 2 aliphatic carbocycles. The molecule has 7 nitrogen and oxygen atoms in total. The second kappa shape index (κ2) is 6.64. The van der Waals surface area contributed by atoms with Crippen LogP contribution < -0.4 is 4.74 Å². The normalized spacial score (nSPS) is 24.1. The van der Waals surface area contributed by atoms with Crippen LogP contribution >= 0.6 is 0 Å². The number of nitrogens with zero attached hydrogens (tertiary/aromatic N) is 5. The van der Waals surface area contributed by atoms with Crippen molar-refractivity contribution >= 4 is 0 Å². The van der Waals surface area contributed by atoms with Gasteiger partial charge in [0.1, 0.15) is 11.9 Å². The summed E-state index contributed by atoms with van der Waals surface area (Å²) in [4.78, 5) is 1.45. The van der Waals surface area contributed by atoms with Crippen LogP contribution in [0.25, 0.3) is 16.9 Å². The summed E-state index contributed by atoms with van der Waals surface area (Å²) in [6.45, 7) is 0. The van der Waals surface area contributed by atoms with Crippen molar-refractivity contribution in [3.8, 4) is 28.6 Å². The number of benzene rings is 1. The van der Waals surface area contributed by atoms with E-state index in [0.29, 0.717) is 22.8 Å². The predicted molar refractivity (Wildman–Crippen MR) is 98.5 cm³/mol. The van der Waals surface area contributed by atoms with Crippen LogP contribution in [0.5, 0.6) is 11.6 Å². The summed E-state index contributed by atoms with van der Waals surface area (Å²) >= 11 is 0. The number of fused-ring (bicyclic) bond motifs is 2. The molecule has 1 N–H and O–H groups in total. The summed E-state index contributed by atoms with van der Waals surface area (Å²) < 4.78 is 6.07. The third kappa shape index (κ3) is 3.25. The second-order valence-corrected chi connectivity index (χ2v) is 7.53. The highest BCUT2D eigenvalue weighted by Gasteiger charge is 2.35. The minimum absolute atomic E-state index is 0.108. The first-order chi connectivity index (χ1) is 13.2. The Morgan fingerprint density at radius 1 is 0.926 bits per heavy atom. The summed E-state index contributed by atoms with van der Waals surface area (Å²) in [5, 5.41) is 27.0. The first kappa shape index (κ1) is 16.2. The molecule has 0 unspecified atom stereocenters. The third-order valence-electron chi connectivity index (χ3n) is 5.68. The highest BCUT2D eigenvalue weighted by atomic mass is 16.5. The second-order valence-electron chi connectivity index (χ2n) is 7.53. The van der Waals surface area contributed by atoms with E-state index in [4.69, 9.17) is 4.74 Å². The Labute approximate surface area is 157 Å². The molecule has 2 bridgehead atoms. The third-order valence-corrected chi connectivity index (χ3v) is 5.68. The number of phenols is 1. The van der Waals surface area contributed by atoms with Crippen molar-refractivity contribution in [1.82, 2.24) is 25.2 Å². The maximum atomic E-state index is 10.4. The highest BCUT2D eigenvalue weighted by molar-refractivity contribution is 5.68. The molecular weight excluding hydrogens is 342 g/mol. The maximum absolute atomic E-state index is 10.4. The molecule has 2 aliphatic rings. The molecule has 2 aromatic heterocycles. The first-order valence-electron chi connectivity index (χ1n) is 9.45. The fraction of sp³-hybridized carbons (Fsp3) is 0.400. The van der Waals surface area contributed by atoms with Crippen molar-refractivity contribution in [3.63, 3.8) is 0 Å². The lowest BCUT2D eigenvalue weighted by Gasteiger charge is -2.27. The quantitative estimate of drug-likeness (QED) is 0.765. The van der Waals surface area contributed by atoms with Crippen LogP contribution in [0.3, 0.4) is 0 Å². The zero-order valence-corrected chi connectivity index (χ0v) is 14.9.